The minimum Gasteiger partial charge on any atom is -0.463 e. The SMILES string of the molecule is CCCCCOC(=O)NCCOC(=O)C(C)(C)CCC. The molecule has 1 N–H and O–H groups in total. The van der Waals surface area contributed by atoms with Crippen molar-refractivity contribution < 1.29 is 19.1 Å². The van der Waals surface area contributed by atoms with Gasteiger partial charge in [-0.2, -0.15) is 0 Å². The first-order chi connectivity index (χ1) is 9.44. The summed E-state index contributed by atoms with van der Waals surface area (Å²) in [5.41, 5.74) is -0.463. The highest BCUT2D eigenvalue weighted by atomic mass is 16.6. The van der Waals surface area contributed by atoms with Gasteiger partial charge in [-0.15, -0.1) is 0 Å². The van der Waals surface area contributed by atoms with Gasteiger partial charge >= 0.3 is 12.1 Å². The molecule has 118 valence electrons. The van der Waals surface area contributed by atoms with Crippen LogP contribution in [0.15, 0.2) is 0 Å². The second kappa shape index (κ2) is 10.5. The van der Waals surface area contributed by atoms with E-state index in [-0.39, 0.29) is 19.1 Å². The summed E-state index contributed by atoms with van der Waals surface area (Å²) in [6, 6.07) is 0. The Kier molecular flexibility index (Phi) is 9.86. The molecule has 0 aromatic rings. The number of carbonyl (C=O) groups is 2. The molecule has 0 atom stereocenters. The molecule has 5 heteroatoms. The molecule has 0 bridgehead atoms. The van der Waals surface area contributed by atoms with Gasteiger partial charge in [0.25, 0.3) is 0 Å². The van der Waals surface area contributed by atoms with Crippen molar-refractivity contribution in [3.8, 4) is 0 Å². The van der Waals surface area contributed by atoms with Gasteiger partial charge in [0.05, 0.1) is 18.6 Å². The number of rotatable bonds is 10. The molecule has 0 unspecified atom stereocenters. The molecule has 0 heterocycles. The van der Waals surface area contributed by atoms with E-state index >= 15 is 0 Å². The lowest BCUT2D eigenvalue weighted by molar-refractivity contribution is -0.154. The summed E-state index contributed by atoms with van der Waals surface area (Å²) in [5, 5.41) is 2.56. The summed E-state index contributed by atoms with van der Waals surface area (Å²) < 4.78 is 10.1. The van der Waals surface area contributed by atoms with Crippen LogP contribution in [0.3, 0.4) is 0 Å². The maximum atomic E-state index is 11.8. The standard InChI is InChI=1S/C15H29NO4/c1-5-7-8-11-20-14(18)16-10-12-19-13(17)15(3,4)9-6-2/h5-12H2,1-4H3,(H,16,18). The number of ether oxygens (including phenoxy) is 2. The number of carbonyl (C=O) groups excluding carboxylic acids is 2. The first kappa shape index (κ1) is 18.7. The van der Waals surface area contributed by atoms with E-state index in [1.54, 1.807) is 0 Å². The van der Waals surface area contributed by atoms with Crippen LogP contribution in [-0.4, -0.2) is 31.8 Å². The van der Waals surface area contributed by atoms with E-state index in [2.05, 4.69) is 12.2 Å². The number of amides is 1. The molecule has 0 radical (unpaired) electrons. The largest absolute Gasteiger partial charge is 0.463 e. The van der Waals surface area contributed by atoms with Gasteiger partial charge in [0.15, 0.2) is 0 Å². The molecule has 0 aliphatic carbocycles. The Labute approximate surface area is 122 Å². The molecule has 20 heavy (non-hydrogen) atoms. The van der Waals surface area contributed by atoms with Gasteiger partial charge in [-0.25, -0.2) is 4.79 Å². The number of esters is 1. The van der Waals surface area contributed by atoms with Crippen molar-refractivity contribution in [3.05, 3.63) is 0 Å². The Morgan fingerprint density at radius 1 is 1.00 bits per heavy atom. The third kappa shape index (κ3) is 8.77. The Balaban J connectivity index is 3.65. The van der Waals surface area contributed by atoms with Gasteiger partial charge in [-0.1, -0.05) is 33.1 Å². The average Bonchev–Trinajstić information content (AvgIpc) is 2.39. The molecule has 0 aromatic heterocycles. The molecule has 0 saturated heterocycles. The zero-order chi connectivity index (χ0) is 15.4. The first-order valence-electron chi connectivity index (χ1n) is 7.52. The summed E-state index contributed by atoms with van der Waals surface area (Å²) in [4.78, 5) is 23.1. The highest BCUT2D eigenvalue weighted by molar-refractivity contribution is 5.75. The highest BCUT2D eigenvalue weighted by Crippen LogP contribution is 2.23. The van der Waals surface area contributed by atoms with Crippen LogP contribution in [0, 0.1) is 5.41 Å². The highest BCUT2D eigenvalue weighted by Gasteiger charge is 2.27. The summed E-state index contributed by atoms with van der Waals surface area (Å²) in [7, 11) is 0. The fourth-order valence-electron chi connectivity index (χ4n) is 1.79. The molecule has 0 spiro atoms. The molecule has 5 nitrogen and oxygen atoms in total. The van der Waals surface area contributed by atoms with Crippen LogP contribution in [0.4, 0.5) is 4.79 Å². The molecule has 0 aliphatic heterocycles. The molecule has 0 saturated carbocycles. The minimum absolute atomic E-state index is 0.177. The van der Waals surface area contributed by atoms with Crippen molar-refractivity contribution in [2.75, 3.05) is 19.8 Å². The van der Waals surface area contributed by atoms with Crippen LogP contribution in [0.25, 0.3) is 0 Å². The maximum Gasteiger partial charge on any atom is 0.407 e. The van der Waals surface area contributed by atoms with E-state index in [0.29, 0.717) is 6.61 Å². The zero-order valence-electron chi connectivity index (χ0n) is 13.3. The smallest absolute Gasteiger partial charge is 0.407 e. The Hall–Kier alpha value is -1.26. The van der Waals surface area contributed by atoms with E-state index in [9.17, 15) is 9.59 Å². The van der Waals surface area contributed by atoms with Gasteiger partial charge in [-0.05, 0) is 26.7 Å². The Bertz CT molecular complexity index is 290. The molecule has 0 fully saturated rings. The van der Waals surface area contributed by atoms with Crippen molar-refractivity contribution in [3.63, 3.8) is 0 Å². The third-order valence-electron chi connectivity index (χ3n) is 3.01. The van der Waals surface area contributed by atoms with Gasteiger partial charge in [0.2, 0.25) is 0 Å². The molecule has 1 amide bonds. The number of nitrogens with one attached hydrogen (secondary N) is 1. The normalized spacial score (nSPS) is 11.0. The number of unbranched alkanes of at least 4 members (excludes halogenated alkanes) is 2. The van der Waals surface area contributed by atoms with E-state index in [1.807, 2.05) is 20.8 Å². The molecule has 0 rings (SSSR count). The zero-order valence-corrected chi connectivity index (χ0v) is 13.3. The second-order valence-corrected chi connectivity index (χ2v) is 5.54. The van der Waals surface area contributed by atoms with Crippen molar-refractivity contribution in [1.82, 2.24) is 5.32 Å². The second-order valence-electron chi connectivity index (χ2n) is 5.54. The third-order valence-corrected chi connectivity index (χ3v) is 3.01. The minimum atomic E-state index is -0.463. The fourth-order valence-corrected chi connectivity index (χ4v) is 1.79. The van der Waals surface area contributed by atoms with E-state index < -0.39 is 11.5 Å². The summed E-state index contributed by atoms with van der Waals surface area (Å²) in [6.07, 6.45) is 4.30. The molecular weight excluding hydrogens is 258 g/mol. The Morgan fingerprint density at radius 2 is 1.70 bits per heavy atom. The van der Waals surface area contributed by atoms with Crippen LogP contribution < -0.4 is 5.32 Å². The number of alkyl carbamates (subject to hydrolysis) is 1. The van der Waals surface area contributed by atoms with Crippen LogP contribution in [0.5, 0.6) is 0 Å². The van der Waals surface area contributed by atoms with Gasteiger partial charge in [-0.3, -0.25) is 4.79 Å². The topological polar surface area (TPSA) is 64.6 Å². The van der Waals surface area contributed by atoms with Crippen LogP contribution in [0.2, 0.25) is 0 Å². The predicted molar refractivity (Wildman–Crippen MR) is 78.5 cm³/mol. The average molecular weight is 287 g/mol. The van der Waals surface area contributed by atoms with Crippen LogP contribution in [-0.2, 0) is 14.3 Å². The van der Waals surface area contributed by atoms with Gasteiger partial charge in [0.1, 0.15) is 6.61 Å². The number of hydrogen-bond acceptors (Lipinski definition) is 4. The van der Waals surface area contributed by atoms with Crippen LogP contribution >= 0.6 is 0 Å². The van der Waals surface area contributed by atoms with Crippen LogP contribution in [0.1, 0.15) is 59.8 Å². The molecule has 0 aliphatic rings. The quantitative estimate of drug-likeness (QED) is 0.495. The first-order valence-corrected chi connectivity index (χ1v) is 7.52. The van der Waals surface area contributed by atoms with Gasteiger partial charge < -0.3 is 14.8 Å². The predicted octanol–water partition coefficient (Wildman–Crippen LogP) is 3.27. The van der Waals surface area contributed by atoms with Gasteiger partial charge in [0, 0.05) is 0 Å². The maximum absolute atomic E-state index is 11.8. The van der Waals surface area contributed by atoms with Crippen molar-refractivity contribution >= 4 is 12.1 Å². The Morgan fingerprint density at radius 3 is 2.30 bits per heavy atom. The van der Waals surface area contributed by atoms with E-state index in [0.717, 1.165) is 32.1 Å². The number of hydrogen-bond donors (Lipinski definition) is 1. The van der Waals surface area contributed by atoms with E-state index in [1.165, 1.54) is 0 Å². The lowest BCUT2D eigenvalue weighted by Gasteiger charge is -2.21. The lowest BCUT2D eigenvalue weighted by Crippen LogP contribution is -2.32. The monoisotopic (exact) mass is 287 g/mol. The molecule has 0 aromatic carbocycles. The summed E-state index contributed by atoms with van der Waals surface area (Å²) in [6.45, 7) is 8.75. The van der Waals surface area contributed by atoms with Crippen molar-refractivity contribution in [1.29, 1.82) is 0 Å². The fraction of sp³-hybridized carbons (Fsp3) is 0.867. The van der Waals surface area contributed by atoms with Crippen molar-refractivity contribution in [2.45, 2.75) is 59.8 Å². The summed E-state index contributed by atoms with van der Waals surface area (Å²) in [5.74, 6) is -0.225. The molecular formula is C15H29NO4. The summed E-state index contributed by atoms with van der Waals surface area (Å²) >= 11 is 0. The van der Waals surface area contributed by atoms with Crippen molar-refractivity contribution in [2.24, 2.45) is 5.41 Å². The van der Waals surface area contributed by atoms with E-state index in [4.69, 9.17) is 9.47 Å². The lowest BCUT2D eigenvalue weighted by atomic mass is 9.88.